The van der Waals surface area contributed by atoms with E-state index in [0.29, 0.717) is 12.5 Å². The van der Waals surface area contributed by atoms with Crippen LogP contribution in [0.1, 0.15) is 17.5 Å². The van der Waals surface area contributed by atoms with Crippen LogP contribution in [-0.2, 0) is 11.0 Å². The molecule has 144 valence electrons. The molecule has 0 bridgehead atoms. The zero-order valence-corrected chi connectivity index (χ0v) is 13.6. The molecule has 0 spiro atoms. The molecule has 0 aromatic heterocycles. The zero-order chi connectivity index (χ0) is 19.7. The van der Waals surface area contributed by atoms with Crippen LogP contribution in [0.2, 0.25) is 0 Å². The van der Waals surface area contributed by atoms with Crippen LogP contribution in [0.15, 0.2) is 18.2 Å². The van der Waals surface area contributed by atoms with Crippen LogP contribution in [0, 0.1) is 0 Å². The summed E-state index contributed by atoms with van der Waals surface area (Å²) in [5, 5.41) is 8.63. The third-order valence-corrected chi connectivity index (χ3v) is 4.09. The number of amides is 1. The maximum Gasteiger partial charge on any atom is 0.422 e. The van der Waals surface area contributed by atoms with Gasteiger partial charge in [0.1, 0.15) is 16.8 Å². The fourth-order valence-electron chi connectivity index (χ4n) is 2.31. The van der Waals surface area contributed by atoms with Crippen LogP contribution in [0.3, 0.4) is 0 Å². The van der Waals surface area contributed by atoms with Crippen molar-refractivity contribution in [2.75, 3.05) is 13.2 Å². The number of alkyl halides is 6. The highest BCUT2D eigenvalue weighted by Crippen LogP contribution is 2.38. The topological polar surface area (TPSA) is 61.8 Å². The van der Waals surface area contributed by atoms with E-state index < -0.39 is 42.2 Å². The van der Waals surface area contributed by atoms with E-state index in [1.807, 2.05) is 0 Å². The normalized spacial score (nSPS) is 17.5. The minimum atomic E-state index is -4.97. The first-order valence-electron chi connectivity index (χ1n) is 7.10. The van der Waals surface area contributed by atoms with Gasteiger partial charge in [-0.3, -0.25) is 10.0 Å². The lowest BCUT2D eigenvalue weighted by molar-refractivity contribution is -0.158. The number of likely N-dealkylation sites (tertiary alicyclic amines) is 1. The highest BCUT2D eigenvalue weighted by molar-refractivity contribution is 7.80. The fraction of sp³-hybridized carbons (Fsp3) is 0.429. The van der Waals surface area contributed by atoms with Gasteiger partial charge in [-0.15, -0.1) is 0 Å². The van der Waals surface area contributed by atoms with Crippen LogP contribution in [0.25, 0.3) is 0 Å². The summed E-state index contributed by atoms with van der Waals surface area (Å²) >= 11 is 5.06. The summed E-state index contributed by atoms with van der Waals surface area (Å²) in [7, 11) is 0. The van der Waals surface area contributed by atoms with Crippen LogP contribution >= 0.6 is 12.2 Å². The quantitative estimate of drug-likeness (QED) is 0.351. The maximum atomic E-state index is 13.2. The van der Waals surface area contributed by atoms with Crippen molar-refractivity contribution in [3.05, 3.63) is 29.3 Å². The van der Waals surface area contributed by atoms with E-state index in [4.69, 9.17) is 17.4 Å². The molecule has 0 radical (unpaired) electrons. The lowest BCUT2D eigenvalue weighted by Crippen LogP contribution is -2.57. The zero-order valence-electron chi connectivity index (χ0n) is 12.8. The Bertz CT molecular complexity index is 707. The molecule has 1 aromatic carbocycles. The number of hydroxylamine groups is 1. The molecule has 2 N–H and O–H groups in total. The number of nitrogens with one attached hydrogen (secondary N) is 1. The first-order valence-corrected chi connectivity index (χ1v) is 7.50. The summed E-state index contributed by atoms with van der Waals surface area (Å²) in [6.45, 7) is -1.59. The average Bonchev–Trinajstić information content (AvgIpc) is 2.49. The van der Waals surface area contributed by atoms with Gasteiger partial charge < -0.3 is 9.64 Å². The third-order valence-electron chi connectivity index (χ3n) is 3.62. The number of benzene rings is 1. The number of carbonyl (C=O) groups excluding carboxylic acids is 1. The molecule has 1 unspecified atom stereocenters. The molecule has 1 aliphatic rings. The van der Waals surface area contributed by atoms with Gasteiger partial charge in [0.25, 0.3) is 5.91 Å². The molecule has 5 nitrogen and oxygen atoms in total. The van der Waals surface area contributed by atoms with E-state index in [1.165, 1.54) is 10.4 Å². The molecule has 1 aromatic rings. The Balaban J connectivity index is 2.28. The van der Waals surface area contributed by atoms with Gasteiger partial charge in [0, 0.05) is 12.1 Å². The summed E-state index contributed by atoms with van der Waals surface area (Å²) in [6, 6.07) is 1.57. The van der Waals surface area contributed by atoms with E-state index in [-0.39, 0.29) is 17.1 Å². The highest BCUT2D eigenvalue weighted by Gasteiger charge is 2.39. The molecule has 0 saturated carbocycles. The second kappa shape index (κ2) is 7.27. The smallest absolute Gasteiger partial charge is 0.422 e. The summed E-state index contributed by atoms with van der Waals surface area (Å²) in [5.74, 6) is -1.74. The Morgan fingerprint density at radius 3 is 2.42 bits per heavy atom. The number of ether oxygens (including phenoxy) is 1. The van der Waals surface area contributed by atoms with Gasteiger partial charge in [0.2, 0.25) is 0 Å². The minimum absolute atomic E-state index is 0.0993. The largest absolute Gasteiger partial charge is 0.483 e. The molecule has 2 rings (SSSR count). The number of hydrogen-bond acceptors (Lipinski definition) is 4. The Morgan fingerprint density at radius 2 is 1.96 bits per heavy atom. The summed E-state index contributed by atoms with van der Waals surface area (Å²) in [6.07, 6.45) is -9.42. The van der Waals surface area contributed by atoms with Crippen molar-refractivity contribution in [3.8, 4) is 5.75 Å². The first-order chi connectivity index (χ1) is 11.9. The van der Waals surface area contributed by atoms with E-state index in [0.717, 1.165) is 12.1 Å². The Labute approximate surface area is 148 Å². The van der Waals surface area contributed by atoms with Gasteiger partial charge in [-0.05, 0) is 24.6 Å². The molecule has 1 atom stereocenters. The second-order valence-electron chi connectivity index (χ2n) is 5.39. The van der Waals surface area contributed by atoms with Crippen molar-refractivity contribution in [1.82, 2.24) is 10.4 Å². The molecular formula is C14H12F6N2O3S. The lowest BCUT2D eigenvalue weighted by atomic mass is 10.00. The molecular weight excluding hydrogens is 390 g/mol. The standard InChI is InChI=1S/C14H12F6N2O3S/c15-13(16,17)6-25-10-2-1-7(5-8(10)14(18,19)20)12(26)22-4-3-9(22)11(23)21-24/h1-2,5,9,24H,3-4,6H2,(H,21,23). The Kier molecular flexibility index (Phi) is 5.66. The van der Waals surface area contributed by atoms with Gasteiger partial charge in [-0.2, -0.15) is 26.3 Å². The van der Waals surface area contributed by atoms with Crippen LogP contribution < -0.4 is 10.2 Å². The number of carbonyl (C=O) groups is 1. The number of halogens is 6. The van der Waals surface area contributed by atoms with E-state index >= 15 is 0 Å². The van der Waals surface area contributed by atoms with Crippen LogP contribution in [0.4, 0.5) is 26.3 Å². The molecule has 1 heterocycles. The summed E-state index contributed by atoms with van der Waals surface area (Å²) in [4.78, 5) is 12.6. The summed E-state index contributed by atoms with van der Waals surface area (Å²) in [5.41, 5.74) is -0.0889. The fourth-order valence-corrected chi connectivity index (χ4v) is 2.66. The lowest BCUT2D eigenvalue weighted by Gasteiger charge is -2.41. The molecule has 26 heavy (non-hydrogen) atoms. The van der Waals surface area contributed by atoms with E-state index in [1.54, 1.807) is 0 Å². The number of nitrogens with zero attached hydrogens (tertiary/aromatic N) is 1. The Morgan fingerprint density at radius 1 is 1.31 bits per heavy atom. The van der Waals surface area contributed by atoms with Crippen molar-refractivity contribution in [1.29, 1.82) is 0 Å². The second-order valence-corrected chi connectivity index (χ2v) is 5.78. The predicted molar refractivity (Wildman–Crippen MR) is 79.7 cm³/mol. The van der Waals surface area contributed by atoms with Crippen molar-refractivity contribution in [3.63, 3.8) is 0 Å². The van der Waals surface area contributed by atoms with Crippen molar-refractivity contribution < 1.29 is 41.1 Å². The number of hydrogen-bond donors (Lipinski definition) is 2. The molecule has 12 heteroatoms. The average molecular weight is 402 g/mol. The van der Waals surface area contributed by atoms with Gasteiger partial charge in [-0.1, -0.05) is 12.2 Å². The molecule has 1 saturated heterocycles. The number of thiocarbonyl (C=S) groups is 1. The van der Waals surface area contributed by atoms with Gasteiger partial charge in [0.05, 0.1) is 5.56 Å². The van der Waals surface area contributed by atoms with Crippen molar-refractivity contribution in [2.45, 2.75) is 24.8 Å². The first kappa shape index (κ1) is 20.2. The van der Waals surface area contributed by atoms with Crippen LogP contribution in [-0.4, -0.2) is 46.4 Å². The Hall–Kier alpha value is -2.08. The predicted octanol–water partition coefficient (Wildman–Crippen LogP) is 2.90. The number of rotatable bonds is 4. The minimum Gasteiger partial charge on any atom is -0.483 e. The molecule has 1 amide bonds. The monoisotopic (exact) mass is 402 g/mol. The van der Waals surface area contributed by atoms with Crippen LogP contribution in [0.5, 0.6) is 5.75 Å². The molecule has 0 aliphatic carbocycles. The molecule has 1 fully saturated rings. The molecule has 1 aliphatic heterocycles. The van der Waals surface area contributed by atoms with E-state index in [2.05, 4.69) is 4.74 Å². The third kappa shape index (κ3) is 4.55. The highest BCUT2D eigenvalue weighted by atomic mass is 32.1. The van der Waals surface area contributed by atoms with Gasteiger partial charge in [-0.25, -0.2) is 5.48 Å². The SMILES string of the molecule is O=C(NO)C1CCN1C(=S)c1ccc(OCC(F)(F)F)c(C(F)(F)F)c1. The van der Waals surface area contributed by atoms with E-state index in [9.17, 15) is 31.1 Å². The van der Waals surface area contributed by atoms with Gasteiger partial charge >= 0.3 is 12.4 Å². The van der Waals surface area contributed by atoms with Crippen molar-refractivity contribution >= 4 is 23.1 Å². The van der Waals surface area contributed by atoms with Gasteiger partial charge in [0.15, 0.2) is 6.61 Å². The maximum absolute atomic E-state index is 13.2. The van der Waals surface area contributed by atoms with Crippen molar-refractivity contribution in [2.24, 2.45) is 0 Å². The summed E-state index contributed by atoms with van der Waals surface area (Å²) < 4.78 is 80.3.